The Hall–Kier alpha value is -4.30. The van der Waals surface area contributed by atoms with Gasteiger partial charge in [-0.15, -0.1) is 0 Å². The van der Waals surface area contributed by atoms with Crippen molar-refractivity contribution in [3.05, 3.63) is 84.7 Å². The van der Waals surface area contributed by atoms with Crippen molar-refractivity contribution in [2.24, 2.45) is 0 Å². The van der Waals surface area contributed by atoms with Crippen molar-refractivity contribution in [1.82, 2.24) is 14.9 Å². The van der Waals surface area contributed by atoms with Crippen LogP contribution in [0.4, 0.5) is 22.9 Å². The summed E-state index contributed by atoms with van der Waals surface area (Å²) in [4.78, 5) is 35.7. The van der Waals surface area contributed by atoms with Crippen LogP contribution in [0.15, 0.2) is 79.1 Å². The highest BCUT2D eigenvalue weighted by Gasteiger charge is 2.11. The number of likely N-dealkylation sites (N-methyl/N-ethyl adjacent to an activating group) is 1. The van der Waals surface area contributed by atoms with Crippen molar-refractivity contribution < 1.29 is 9.59 Å². The molecule has 178 valence electrons. The zero-order valence-corrected chi connectivity index (χ0v) is 19.8. The molecule has 0 aliphatic heterocycles. The molecule has 35 heavy (non-hydrogen) atoms. The van der Waals surface area contributed by atoms with Crippen LogP contribution in [0.3, 0.4) is 0 Å². The number of anilines is 4. The molecule has 4 aromatic rings. The van der Waals surface area contributed by atoms with E-state index in [2.05, 4.69) is 30.8 Å². The van der Waals surface area contributed by atoms with E-state index >= 15 is 0 Å². The number of hydrogen-bond acceptors (Lipinski definition) is 6. The van der Waals surface area contributed by atoms with E-state index in [4.69, 9.17) is 0 Å². The molecule has 3 N–H and O–H groups in total. The molecular weight excluding hydrogens is 440 g/mol. The molecule has 0 aliphatic rings. The first-order chi connectivity index (χ1) is 17.1. The molecule has 0 bridgehead atoms. The smallest absolute Gasteiger partial charge is 0.255 e. The lowest BCUT2D eigenvalue weighted by molar-refractivity contribution is -0.117. The highest BCUT2D eigenvalue weighted by molar-refractivity contribution is 6.05. The first-order valence-corrected chi connectivity index (χ1v) is 11.6. The summed E-state index contributed by atoms with van der Waals surface area (Å²) in [5, 5.41) is 9.94. The number of hydrogen-bond donors (Lipinski definition) is 3. The van der Waals surface area contributed by atoms with E-state index in [0.717, 1.165) is 29.7 Å². The number of aromatic nitrogens is 2. The van der Waals surface area contributed by atoms with Gasteiger partial charge in [-0.25, -0.2) is 9.97 Å². The third-order valence-electron chi connectivity index (χ3n) is 5.60. The third kappa shape index (κ3) is 6.18. The second-order valence-corrected chi connectivity index (χ2v) is 7.99. The largest absolute Gasteiger partial charge is 0.340 e. The fourth-order valence-corrected chi connectivity index (χ4v) is 3.69. The fraction of sp³-hybridized carbons (Fsp3) is 0.185. The van der Waals surface area contributed by atoms with Gasteiger partial charge in [0.15, 0.2) is 0 Å². The van der Waals surface area contributed by atoms with Crippen molar-refractivity contribution >= 4 is 45.6 Å². The minimum absolute atomic E-state index is 0.0582. The quantitative estimate of drug-likeness (QED) is 0.323. The Morgan fingerprint density at radius 3 is 2.31 bits per heavy atom. The monoisotopic (exact) mass is 468 g/mol. The van der Waals surface area contributed by atoms with Crippen LogP contribution in [-0.4, -0.2) is 46.3 Å². The number of amides is 2. The molecule has 0 unspecified atom stereocenters. The van der Waals surface area contributed by atoms with Crippen molar-refractivity contribution in [1.29, 1.82) is 0 Å². The molecule has 0 spiro atoms. The first-order valence-electron chi connectivity index (χ1n) is 11.6. The lowest BCUT2D eigenvalue weighted by atomic mass is 10.1. The van der Waals surface area contributed by atoms with Crippen molar-refractivity contribution in [2.75, 3.05) is 35.6 Å². The summed E-state index contributed by atoms with van der Waals surface area (Å²) in [6, 6.07) is 22.0. The van der Waals surface area contributed by atoms with Gasteiger partial charge < -0.3 is 16.0 Å². The Kier molecular flexibility index (Phi) is 7.64. The van der Waals surface area contributed by atoms with Crippen LogP contribution in [0.25, 0.3) is 10.9 Å². The van der Waals surface area contributed by atoms with Gasteiger partial charge in [0.05, 0.1) is 12.1 Å². The topological polar surface area (TPSA) is 99.2 Å². The fourth-order valence-electron chi connectivity index (χ4n) is 3.69. The van der Waals surface area contributed by atoms with Crippen LogP contribution in [0.2, 0.25) is 0 Å². The Morgan fingerprint density at radius 2 is 1.54 bits per heavy atom. The van der Waals surface area contributed by atoms with Gasteiger partial charge in [0.2, 0.25) is 5.91 Å². The maximum absolute atomic E-state index is 12.6. The van der Waals surface area contributed by atoms with E-state index in [9.17, 15) is 9.59 Å². The van der Waals surface area contributed by atoms with Gasteiger partial charge in [0, 0.05) is 28.0 Å². The number of benzene rings is 3. The standard InChI is InChI=1S/C27H28N6O2/c1-3-33(4-2)17-25(34)30-20-11-8-12-21(15-20)31-26-23-16-22(13-14-24(23)28-18-29-26)32-27(35)19-9-6-5-7-10-19/h5-16,18H,3-4,17H2,1-2H3,(H,30,34)(H,32,35)(H,28,29,31). The van der Waals surface area contributed by atoms with Gasteiger partial charge in [-0.05, 0) is 61.6 Å². The highest BCUT2D eigenvalue weighted by atomic mass is 16.2. The van der Waals surface area contributed by atoms with E-state index in [1.54, 1.807) is 12.1 Å². The van der Waals surface area contributed by atoms with Gasteiger partial charge in [-0.2, -0.15) is 0 Å². The molecule has 1 heterocycles. The minimum Gasteiger partial charge on any atom is -0.340 e. The van der Waals surface area contributed by atoms with E-state index in [1.807, 2.05) is 74.5 Å². The number of rotatable bonds is 9. The molecule has 1 aromatic heterocycles. The van der Waals surface area contributed by atoms with E-state index in [1.165, 1.54) is 6.33 Å². The highest BCUT2D eigenvalue weighted by Crippen LogP contribution is 2.27. The number of carbonyl (C=O) groups is 2. The number of nitrogens with zero attached hydrogens (tertiary/aromatic N) is 3. The summed E-state index contributed by atoms with van der Waals surface area (Å²) in [7, 11) is 0. The maximum atomic E-state index is 12.6. The molecule has 0 saturated carbocycles. The van der Waals surface area contributed by atoms with Crippen LogP contribution < -0.4 is 16.0 Å². The molecule has 2 amide bonds. The average Bonchev–Trinajstić information content (AvgIpc) is 2.88. The predicted octanol–water partition coefficient (Wildman–Crippen LogP) is 4.91. The molecule has 0 radical (unpaired) electrons. The van der Waals surface area contributed by atoms with Crippen molar-refractivity contribution in [3.63, 3.8) is 0 Å². The first kappa shape index (κ1) is 23.8. The Bertz CT molecular complexity index is 1320. The summed E-state index contributed by atoms with van der Waals surface area (Å²) in [6.07, 6.45) is 1.49. The molecule has 4 rings (SSSR count). The van der Waals surface area contributed by atoms with E-state index in [0.29, 0.717) is 29.3 Å². The van der Waals surface area contributed by atoms with Gasteiger partial charge >= 0.3 is 0 Å². The van der Waals surface area contributed by atoms with Crippen LogP contribution in [-0.2, 0) is 4.79 Å². The maximum Gasteiger partial charge on any atom is 0.255 e. The Labute approximate surface area is 204 Å². The lowest BCUT2D eigenvalue weighted by Gasteiger charge is -2.17. The number of nitrogens with one attached hydrogen (secondary N) is 3. The van der Waals surface area contributed by atoms with Crippen LogP contribution >= 0.6 is 0 Å². The zero-order valence-electron chi connectivity index (χ0n) is 19.8. The summed E-state index contributed by atoms with van der Waals surface area (Å²) in [5.74, 6) is 0.346. The van der Waals surface area contributed by atoms with E-state index < -0.39 is 0 Å². The molecule has 0 aliphatic carbocycles. The molecule has 8 heteroatoms. The third-order valence-corrected chi connectivity index (χ3v) is 5.60. The predicted molar refractivity (Wildman–Crippen MR) is 140 cm³/mol. The Morgan fingerprint density at radius 1 is 0.800 bits per heavy atom. The average molecular weight is 469 g/mol. The molecule has 3 aromatic carbocycles. The van der Waals surface area contributed by atoms with Gasteiger partial charge in [0.25, 0.3) is 5.91 Å². The molecule has 0 saturated heterocycles. The summed E-state index contributed by atoms with van der Waals surface area (Å²) in [5.41, 5.74) is 3.42. The van der Waals surface area contributed by atoms with Gasteiger partial charge in [0.1, 0.15) is 12.1 Å². The van der Waals surface area contributed by atoms with Gasteiger partial charge in [-0.3, -0.25) is 14.5 Å². The van der Waals surface area contributed by atoms with Gasteiger partial charge in [-0.1, -0.05) is 38.1 Å². The molecular formula is C27H28N6O2. The van der Waals surface area contributed by atoms with Crippen LogP contribution in [0.5, 0.6) is 0 Å². The number of carbonyl (C=O) groups excluding carboxylic acids is 2. The Balaban J connectivity index is 1.52. The zero-order chi connectivity index (χ0) is 24.6. The number of fused-ring (bicyclic) bond motifs is 1. The summed E-state index contributed by atoms with van der Waals surface area (Å²) >= 11 is 0. The van der Waals surface area contributed by atoms with Crippen LogP contribution in [0, 0.1) is 0 Å². The SMILES string of the molecule is CCN(CC)CC(=O)Nc1cccc(Nc2ncnc3ccc(NC(=O)c4ccccc4)cc23)c1. The normalized spacial score (nSPS) is 10.8. The molecule has 0 atom stereocenters. The second-order valence-electron chi connectivity index (χ2n) is 7.99. The summed E-state index contributed by atoms with van der Waals surface area (Å²) < 4.78 is 0. The van der Waals surface area contributed by atoms with E-state index in [-0.39, 0.29) is 11.8 Å². The second kappa shape index (κ2) is 11.2. The molecule has 0 fully saturated rings. The summed E-state index contributed by atoms with van der Waals surface area (Å²) in [6.45, 7) is 6.05. The lowest BCUT2D eigenvalue weighted by Crippen LogP contribution is -2.32. The van der Waals surface area contributed by atoms with Crippen molar-refractivity contribution in [3.8, 4) is 0 Å². The molecule has 8 nitrogen and oxygen atoms in total. The minimum atomic E-state index is -0.190. The van der Waals surface area contributed by atoms with Crippen molar-refractivity contribution in [2.45, 2.75) is 13.8 Å². The van der Waals surface area contributed by atoms with Crippen LogP contribution in [0.1, 0.15) is 24.2 Å².